The number of fused-ring (bicyclic) bond motifs is 1. The van der Waals surface area contributed by atoms with Crippen LogP contribution in [0.4, 0.5) is 5.69 Å². The van der Waals surface area contributed by atoms with E-state index in [4.69, 9.17) is 4.42 Å². The van der Waals surface area contributed by atoms with Crippen molar-refractivity contribution in [2.75, 3.05) is 5.32 Å². The van der Waals surface area contributed by atoms with Crippen LogP contribution in [-0.2, 0) is 6.54 Å². The van der Waals surface area contributed by atoms with Crippen LogP contribution >= 0.6 is 11.3 Å². The van der Waals surface area contributed by atoms with Crippen LogP contribution in [-0.4, -0.2) is 20.4 Å². The standard InChI is InChI=1S/C24H18N4O4S/c1-14-4-9-19-20(11-14)33-22(27-19)15-5-7-16(8-6-15)26-21(29)18-12-25-24(31)28(23(18)30)13-17-3-2-10-32-17/h2-12H,13H2,1H3,(H,25,31)(H,26,29). The summed E-state index contributed by atoms with van der Waals surface area (Å²) in [4.78, 5) is 44.6. The third kappa shape index (κ3) is 4.13. The van der Waals surface area contributed by atoms with Crippen molar-refractivity contribution in [3.05, 3.63) is 105 Å². The minimum Gasteiger partial charge on any atom is -0.467 e. The molecular formula is C24H18N4O4S. The minimum atomic E-state index is -0.700. The Kier molecular flexibility index (Phi) is 5.23. The number of nitrogens with one attached hydrogen (secondary N) is 2. The quantitative estimate of drug-likeness (QED) is 0.413. The van der Waals surface area contributed by atoms with Crippen LogP contribution in [0.15, 0.2) is 81.1 Å². The molecule has 8 nitrogen and oxygen atoms in total. The number of nitrogens with zero attached hydrogens (tertiary/aromatic N) is 2. The van der Waals surface area contributed by atoms with E-state index in [-0.39, 0.29) is 12.1 Å². The third-order valence-electron chi connectivity index (χ3n) is 5.13. The molecule has 0 aliphatic carbocycles. The summed E-state index contributed by atoms with van der Waals surface area (Å²) in [5.74, 6) is -0.187. The van der Waals surface area contributed by atoms with Gasteiger partial charge in [-0.2, -0.15) is 0 Å². The average molecular weight is 458 g/mol. The highest BCUT2D eigenvalue weighted by Crippen LogP contribution is 2.31. The van der Waals surface area contributed by atoms with Crippen molar-refractivity contribution in [2.45, 2.75) is 13.5 Å². The van der Waals surface area contributed by atoms with Gasteiger partial charge in [-0.1, -0.05) is 6.07 Å². The van der Waals surface area contributed by atoms with Gasteiger partial charge in [-0.25, -0.2) is 9.78 Å². The van der Waals surface area contributed by atoms with Crippen LogP contribution in [0.2, 0.25) is 0 Å². The van der Waals surface area contributed by atoms with Crippen molar-refractivity contribution >= 4 is 33.1 Å². The number of aromatic amines is 1. The highest BCUT2D eigenvalue weighted by Gasteiger charge is 2.16. The van der Waals surface area contributed by atoms with Crippen LogP contribution in [0.3, 0.4) is 0 Å². The molecule has 5 aromatic rings. The largest absolute Gasteiger partial charge is 0.467 e. The second-order valence-electron chi connectivity index (χ2n) is 7.50. The molecule has 164 valence electrons. The smallest absolute Gasteiger partial charge is 0.328 e. The Labute approximate surface area is 191 Å². The molecule has 0 spiro atoms. The van der Waals surface area contributed by atoms with Gasteiger partial charge in [0.25, 0.3) is 11.5 Å². The first-order chi connectivity index (χ1) is 16.0. The molecule has 1 amide bonds. The Hall–Kier alpha value is -4.24. The van der Waals surface area contributed by atoms with Gasteiger partial charge in [0.05, 0.1) is 23.0 Å². The summed E-state index contributed by atoms with van der Waals surface area (Å²) in [7, 11) is 0. The van der Waals surface area contributed by atoms with Gasteiger partial charge >= 0.3 is 5.69 Å². The molecule has 2 N–H and O–H groups in total. The van der Waals surface area contributed by atoms with Gasteiger partial charge < -0.3 is 14.7 Å². The number of hydrogen-bond donors (Lipinski definition) is 2. The van der Waals surface area contributed by atoms with Gasteiger partial charge in [-0.15, -0.1) is 11.3 Å². The molecule has 0 saturated heterocycles. The lowest BCUT2D eigenvalue weighted by molar-refractivity contribution is 0.102. The topological polar surface area (TPSA) is 110 Å². The van der Waals surface area contributed by atoms with Crippen molar-refractivity contribution in [1.29, 1.82) is 0 Å². The SMILES string of the molecule is Cc1ccc2nc(-c3ccc(NC(=O)c4c[nH]c(=O)n(Cc5ccco5)c4=O)cc3)sc2c1. The molecule has 9 heteroatoms. The van der Waals surface area contributed by atoms with Crippen molar-refractivity contribution in [2.24, 2.45) is 0 Å². The molecular weight excluding hydrogens is 440 g/mol. The maximum Gasteiger partial charge on any atom is 0.328 e. The summed E-state index contributed by atoms with van der Waals surface area (Å²) in [6, 6.07) is 16.7. The first-order valence-electron chi connectivity index (χ1n) is 10.1. The molecule has 0 fully saturated rings. The number of anilines is 1. The molecule has 3 aromatic heterocycles. The molecule has 0 saturated carbocycles. The fourth-order valence-corrected chi connectivity index (χ4v) is 4.50. The Morgan fingerprint density at radius 2 is 1.97 bits per heavy atom. The Morgan fingerprint density at radius 3 is 2.73 bits per heavy atom. The van der Waals surface area contributed by atoms with E-state index in [1.807, 2.05) is 31.2 Å². The van der Waals surface area contributed by atoms with Gasteiger partial charge in [0, 0.05) is 17.4 Å². The van der Waals surface area contributed by atoms with Gasteiger partial charge in [0.15, 0.2) is 0 Å². The van der Waals surface area contributed by atoms with Crippen LogP contribution in [0.5, 0.6) is 0 Å². The highest BCUT2D eigenvalue weighted by atomic mass is 32.1. The lowest BCUT2D eigenvalue weighted by atomic mass is 10.2. The molecule has 2 aromatic carbocycles. The van der Waals surface area contributed by atoms with Crippen molar-refractivity contribution in [1.82, 2.24) is 14.5 Å². The van der Waals surface area contributed by atoms with Gasteiger partial charge in [-0.3, -0.25) is 14.2 Å². The fourth-order valence-electron chi connectivity index (χ4n) is 3.43. The zero-order chi connectivity index (χ0) is 22.9. The summed E-state index contributed by atoms with van der Waals surface area (Å²) in [5.41, 5.74) is 2.08. The monoisotopic (exact) mass is 458 g/mol. The fraction of sp³-hybridized carbons (Fsp3) is 0.0833. The molecule has 0 atom stereocenters. The second-order valence-corrected chi connectivity index (χ2v) is 8.53. The number of rotatable bonds is 5. The minimum absolute atomic E-state index is 0.0708. The van der Waals surface area contributed by atoms with E-state index in [0.29, 0.717) is 11.4 Å². The summed E-state index contributed by atoms with van der Waals surface area (Å²) in [6.07, 6.45) is 2.57. The van der Waals surface area contributed by atoms with Crippen LogP contribution in [0, 0.1) is 6.92 Å². The van der Waals surface area contributed by atoms with Crippen molar-refractivity contribution < 1.29 is 9.21 Å². The number of hydrogen-bond acceptors (Lipinski definition) is 6. The first kappa shape index (κ1) is 20.7. The number of furan rings is 1. The Morgan fingerprint density at radius 1 is 1.15 bits per heavy atom. The maximum atomic E-state index is 12.7. The molecule has 5 rings (SSSR count). The van der Waals surface area contributed by atoms with Crippen molar-refractivity contribution in [3.8, 4) is 10.6 Å². The van der Waals surface area contributed by atoms with Crippen LogP contribution < -0.4 is 16.6 Å². The molecule has 0 aliphatic rings. The van der Waals surface area contributed by atoms with E-state index >= 15 is 0 Å². The average Bonchev–Trinajstić information content (AvgIpc) is 3.46. The Balaban J connectivity index is 1.37. The van der Waals surface area contributed by atoms with Gasteiger partial charge in [0.2, 0.25) is 0 Å². The van der Waals surface area contributed by atoms with Crippen LogP contribution in [0.1, 0.15) is 21.7 Å². The number of carbonyl (C=O) groups is 1. The number of thiazole rings is 1. The third-order valence-corrected chi connectivity index (χ3v) is 6.20. The van der Waals surface area contributed by atoms with E-state index < -0.39 is 17.2 Å². The molecule has 0 radical (unpaired) electrons. The van der Waals surface area contributed by atoms with Crippen molar-refractivity contribution in [3.63, 3.8) is 0 Å². The highest BCUT2D eigenvalue weighted by molar-refractivity contribution is 7.21. The summed E-state index contributed by atoms with van der Waals surface area (Å²) in [5, 5.41) is 3.59. The summed E-state index contributed by atoms with van der Waals surface area (Å²) in [6.45, 7) is 1.98. The predicted molar refractivity (Wildman–Crippen MR) is 127 cm³/mol. The lowest BCUT2D eigenvalue weighted by Crippen LogP contribution is -2.39. The molecule has 0 aliphatic heterocycles. The number of H-pyrrole nitrogens is 1. The van der Waals surface area contributed by atoms with Gasteiger partial charge in [0.1, 0.15) is 16.3 Å². The van der Waals surface area contributed by atoms with Gasteiger partial charge in [-0.05, 0) is 61.0 Å². The molecule has 0 bridgehead atoms. The number of aryl methyl sites for hydroxylation is 1. The molecule has 0 unspecified atom stereocenters. The van der Waals surface area contributed by atoms with E-state index in [1.165, 1.54) is 11.8 Å². The Bertz CT molecular complexity index is 1580. The zero-order valence-corrected chi connectivity index (χ0v) is 18.3. The zero-order valence-electron chi connectivity index (χ0n) is 17.5. The van der Waals surface area contributed by atoms with E-state index in [9.17, 15) is 14.4 Å². The number of benzene rings is 2. The maximum absolute atomic E-state index is 12.7. The van der Waals surface area contributed by atoms with E-state index in [0.717, 1.165) is 31.6 Å². The van der Waals surface area contributed by atoms with E-state index in [2.05, 4.69) is 21.4 Å². The van der Waals surface area contributed by atoms with E-state index in [1.54, 1.807) is 35.6 Å². The summed E-state index contributed by atoms with van der Waals surface area (Å²) < 4.78 is 7.24. The second kappa shape index (κ2) is 8.36. The number of carbonyl (C=O) groups excluding carboxylic acids is 1. The molecule has 3 heterocycles. The lowest BCUT2D eigenvalue weighted by Gasteiger charge is -2.08. The van der Waals surface area contributed by atoms with Crippen LogP contribution in [0.25, 0.3) is 20.8 Å². The first-order valence-corrected chi connectivity index (χ1v) is 10.9. The number of aromatic nitrogens is 3. The molecule has 33 heavy (non-hydrogen) atoms. The normalized spacial score (nSPS) is 11.1. The number of amides is 1. The summed E-state index contributed by atoms with van der Waals surface area (Å²) >= 11 is 1.60. The predicted octanol–water partition coefficient (Wildman–Crippen LogP) is 4.02.